The molecule has 2 heterocycles. The number of morpholine rings is 1. The molecule has 0 amide bonds. The number of ether oxygens (including phenoxy) is 1. The smallest absolute Gasteiger partial charge is 0.133 e. The highest BCUT2D eigenvalue weighted by Crippen LogP contribution is 2.21. The summed E-state index contributed by atoms with van der Waals surface area (Å²) in [6, 6.07) is 3.87. The molecule has 5 heteroatoms. The van der Waals surface area contributed by atoms with Gasteiger partial charge in [-0.15, -0.1) is 0 Å². The largest absolute Gasteiger partial charge is 0.394 e. The zero-order chi connectivity index (χ0) is 12.3. The Hall–Kier alpha value is -1.17. The highest BCUT2D eigenvalue weighted by molar-refractivity contribution is 5.47. The van der Waals surface area contributed by atoms with Gasteiger partial charge in [-0.2, -0.15) is 0 Å². The van der Waals surface area contributed by atoms with Crippen molar-refractivity contribution in [2.24, 2.45) is 5.73 Å². The Labute approximate surface area is 101 Å². The Balaban J connectivity index is 2.20. The highest BCUT2D eigenvalue weighted by Gasteiger charge is 2.26. The van der Waals surface area contributed by atoms with Crippen LogP contribution in [0, 0.1) is 0 Å². The summed E-state index contributed by atoms with van der Waals surface area (Å²) in [5.41, 5.74) is 6.74. The van der Waals surface area contributed by atoms with E-state index in [1.807, 2.05) is 19.1 Å². The van der Waals surface area contributed by atoms with Gasteiger partial charge in [0, 0.05) is 31.4 Å². The summed E-state index contributed by atoms with van der Waals surface area (Å²) >= 11 is 0. The Kier molecular flexibility index (Phi) is 3.93. The molecule has 1 saturated heterocycles. The van der Waals surface area contributed by atoms with Crippen LogP contribution in [0.1, 0.15) is 12.5 Å². The van der Waals surface area contributed by atoms with Crippen molar-refractivity contribution < 1.29 is 9.84 Å². The van der Waals surface area contributed by atoms with Gasteiger partial charge in [-0.25, -0.2) is 4.98 Å². The maximum absolute atomic E-state index is 9.20. The first-order chi connectivity index (χ1) is 8.24. The van der Waals surface area contributed by atoms with Crippen LogP contribution in [0.15, 0.2) is 18.3 Å². The lowest BCUT2D eigenvalue weighted by molar-refractivity contribution is -0.0423. The first-order valence-electron chi connectivity index (χ1n) is 5.89. The van der Waals surface area contributed by atoms with E-state index in [0.717, 1.165) is 17.9 Å². The molecule has 2 rings (SSSR count). The average Bonchev–Trinajstić information content (AvgIpc) is 2.37. The van der Waals surface area contributed by atoms with E-state index in [2.05, 4.69) is 9.88 Å². The summed E-state index contributed by atoms with van der Waals surface area (Å²) < 4.78 is 5.61. The van der Waals surface area contributed by atoms with Crippen LogP contribution in [0.2, 0.25) is 0 Å². The van der Waals surface area contributed by atoms with Crippen LogP contribution in [0.3, 0.4) is 0 Å². The van der Waals surface area contributed by atoms with Gasteiger partial charge < -0.3 is 20.5 Å². The molecular weight excluding hydrogens is 218 g/mol. The van der Waals surface area contributed by atoms with Crippen molar-refractivity contribution in [3.8, 4) is 0 Å². The Morgan fingerprint density at radius 1 is 1.59 bits per heavy atom. The minimum absolute atomic E-state index is 0.0334. The second-order valence-electron chi connectivity index (χ2n) is 4.35. The quantitative estimate of drug-likeness (QED) is 0.781. The molecule has 2 atom stereocenters. The van der Waals surface area contributed by atoms with Crippen LogP contribution < -0.4 is 10.6 Å². The van der Waals surface area contributed by atoms with E-state index < -0.39 is 0 Å². The van der Waals surface area contributed by atoms with E-state index in [1.54, 1.807) is 6.20 Å². The van der Waals surface area contributed by atoms with Gasteiger partial charge in [-0.1, -0.05) is 6.07 Å². The maximum atomic E-state index is 9.20. The Morgan fingerprint density at radius 2 is 2.41 bits per heavy atom. The van der Waals surface area contributed by atoms with Crippen molar-refractivity contribution >= 4 is 5.82 Å². The molecule has 1 fully saturated rings. The first-order valence-corrected chi connectivity index (χ1v) is 5.89. The number of aliphatic hydroxyl groups excluding tert-OH is 1. The third-order valence-electron chi connectivity index (χ3n) is 2.92. The summed E-state index contributed by atoms with van der Waals surface area (Å²) in [6.45, 7) is 3.94. The van der Waals surface area contributed by atoms with Gasteiger partial charge in [0.2, 0.25) is 0 Å². The molecule has 1 aromatic rings. The number of hydrogen-bond acceptors (Lipinski definition) is 5. The summed E-state index contributed by atoms with van der Waals surface area (Å²) in [5.74, 6) is 0.906. The topological polar surface area (TPSA) is 71.6 Å². The summed E-state index contributed by atoms with van der Waals surface area (Å²) in [5, 5.41) is 9.20. The fourth-order valence-corrected chi connectivity index (χ4v) is 2.19. The molecule has 1 aliphatic heterocycles. The van der Waals surface area contributed by atoms with Crippen LogP contribution in [-0.2, 0) is 11.3 Å². The van der Waals surface area contributed by atoms with E-state index in [-0.39, 0.29) is 18.8 Å². The van der Waals surface area contributed by atoms with E-state index >= 15 is 0 Å². The molecule has 0 aromatic carbocycles. The second-order valence-corrected chi connectivity index (χ2v) is 4.35. The maximum Gasteiger partial charge on any atom is 0.133 e. The van der Waals surface area contributed by atoms with Crippen molar-refractivity contribution in [1.29, 1.82) is 0 Å². The Bertz CT molecular complexity index is 373. The van der Waals surface area contributed by atoms with Gasteiger partial charge in [0.25, 0.3) is 0 Å². The monoisotopic (exact) mass is 237 g/mol. The predicted molar refractivity (Wildman–Crippen MR) is 65.8 cm³/mol. The van der Waals surface area contributed by atoms with Crippen LogP contribution in [0.5, 0.6) is 0 Å². The third kappa shape index (κ3) is 2.74. The molecule has 0 aliphatic carbocycles. The second kappa shape index (κ2) is 5.44. The third-order valence-corrected chi connectivity index (χ3v) is 2.92. The lowest BCUT2D eigenvalue weighted by atomic mass is 10.2. The van der Waals surface area contributed by atoms with Gasteiger partial charge in [-0.05, 0) is 13.0 Å². The molecule has 17 heavy (non-hydrogen) atoms. The van der Waals surface area contributed by atoms with E-state index in [4.69, 9.17) is 10.5 Å². The molecule has 1 aromatic heterocycles. The number of nitrogens with zero attached hydrogens (tertiary/aromatic N) is 2. The molecule has 5 nitrogen and oxygen atoms in total. The number of nitrogens with two attached hydrogens (primary N) is 1. The van der Waals surface area contributed by atoms with Crippen molar-refractivity contribution in [3.05, 3.63) is 23.9 Å². The van der Waals surface area contributed by atoms with E-state index in [0.29, 0.717) is 13.1 Å². The van der Waals surface area contributed by atoms with Crippen molar-refractivity contribution in [2.45, 2.75) is 25.7 Å². The number of hydrogen-bond donors (Lipinski definition) is 2. The van der Waals surface area contributed by atoms with Gasteiger partial charge in [0.05, 0.1) is 18.8 Å². The molecule has 3 N–H and O–H groups in total. The van der Waals surface area contributed by atoms with Crippen LogP contribution in [0.25, 0.3) is 0 Å². The van der Waals surface area contributed by atoms with Crippen molar-refractivity contribution in [1.82, 2.24) is 4.98 Å². The zero-order valence-electron chi connectivity index (χ0n) is 10.0. The average molecular weight is 237 g/mol. The molecule has 0 spiro atoms. The van der Waals surface area contributed by atoms with Gasteiger partial charge in [0.1, 0.15) is 5.82 Å². The standard InChI is InChI=1S/C12H19N3O2/c1-9-6-15(7-11(8-16)17-9)12-10(5-13)3-2-4-14-12/h2-4,9,11,16H,5-8,13H2,1H3. The highest BCUT2D eigenvalue weighted by atomic mass is 16.5. The molecular formula is C12H19N3O2. The SMILES string of the molecule is CC1CN(c2ncccc2CN)CC(CO)O1. The summed E-state index contributed by atoms with van der Waals surface area (Å²) in [7, 11) is 0. The van der Waals surface area contributed by atoms with Gasteiger partial charge in [0.15, 0.2) is 0 Å². The van der Waals surface area contributed by atoms with Gasteiger partial charge >= 0.3 is 0 Å². The van der Waals surface area contributed by atoms with E-state index in [1.165, 1.54) is 0 Å². The van der Waals surface area contributed by atoms with Crippen LogP contribution in [0.4, 0.5) is 5.82 Å². The molecule has 2 unspecified atom stereocenters. The molecule has 0 saturated carbocycles. The fraction of sp³-hybridized carbons (Fsp3) is 0.583. The summed E-state index contributed by atoms with van der Waals surface area (Å²) in [4.78, 5) is 6.52. The summed E-state index contributed by atoms with van der Waals surface area (Å²) in [6.07, 6.45) is 1.71. The van der Waals surface area contributed by atoms with E-state index in [9.17, 15) is 5.11 Å². The number of pyridine rings is 1. The lowest BCUT2D eigenvalue weighted by Gasteiger charge is -2.37. The zero-order valence-corrected chi connectivity index (χ0v) is 10.0. The molecule has 0 bridgehead atoms. The minimum Gasteiger partial charge on any atom is -0.394 e. The minimum atomic E-state index is -0.147. The Morgan fingerprint density at radius 3 is 3.12 bits per heavy atom. The van der Waals surface area contributed by atoms with Crippen LogP contribution >= 0.6 is 0 Å². The lowest BCUT2D eigenvalue weighted by Crippen LogP contribution is -2.48. The van der Waals surface area contributed by atoms with Crippen LogP contribution in [-0.4, -0.2) is 42.0 Å². The predicted octanol–water partition coefficient (Wildman–Crippen LogP) is 0.126. The fourth-order valence-electron chi connectivity index (χ4n) is 2.19. The molecule has 0 radical (unpaired) electrons. The van der Waals surface area contributed by atoms with Gasteiger partial charge in [-0.3, -0.25) is 0 Å². The number of aromatic nitrogens is 1. The number of rotatable bonds is 3. The normalized spacial score (nSPS) is 25.0. The number of anilines is 1. The molecule has 94 valence electrons. The molecule has 1 aliphatic rings. The van der Waals surface area contributed by atoms with Crippen molar-refractivity contribution in [2.75, 3.05) is 24.6 Å². The first kappa shape index (κ1) is 12.3. The number of aliphatic hydroxyl groups is 1. The van der Waals surface area contributed by atoms with Crippen molar-refractivity contribution in [3.63, 3.8) is 0 Å².